The number of hydrogen-bond donors (Lipinski definition) is 1. The van der Waals surface area contributed by atoms with Gasteiger partial charge in [0.1, 0.15) is 0 Å². The molecule has 1 aliphatic carbocycles. The highest BCUT2D eigenvalue weighted by molar-refractivity contribution is 5.32. The Hall–Kier alpha value is -1.94. The van der Waals surface area contributed by atoms with E-state index >= 15 is 0 Å². The molecule has 4 rings (SSSR count). The molecule has 2 unspecified atom stereocenters. The number of fused-ring (bicyclic) bond motifs is 1. The molecule has 4 heteroatoms. The fourth-order valence-electron chi connectivity index (χ4n) is 3.41. The zero-order valence-electron chi connectivity index (χ0n) is 12.2. The molecule has 1 aromatic carbocycles. The van der Waals surface area contributed by atoms with Gasteiger partial charge in [0.05, 0.1) is 0 Å². The van der Waals surface area contributed by atoms with Crippen LogP contribution in [-0.4, -0.2) is 34.0 Å². The van der Waals surface area contributed by atoms with Crippen LogP contribution in [-0.2, 0) is 6.54 Å². The first kappa shape index (κ1) is 12.8. The van der Waals surface area contributed by atoms with Crippen molar-refractivity contribution in [2.24, 2.45) is 11.8 Å². The topological polar surface area (TPSA) is 41.1 Å². The molecule has 2 aromatic rings. The molecule has 1 aromatic heterocycles. The predicted molar refractivity (Wildman–Crippen MR) is 82.9 cm³/mol. The minimum Gasteiger partial charge on any atom is -0.351 e. The van der Waals surface area contributed by atoms with Crippen LogP contribution in [0.25, 0.3) is 0 Å². The van der Waals surface area contributed by atoms with Crippen molar-refractivity contribution in [3.63, 3.8) is 0 Å². The third-order valence-corrected chi connectivity index (χ3v) is 4.60. The van der Waals surface area contributed by atoms with E-state index in [2.05, 4.69) is 50.5 Å². The average molecular weight is 280 g/mol. The van der Waals surface area contributed by atoms with Crippen molar-refractivity contribution in [3.8, 4) is 0 Å². The molecule has 1 saturated carbocycles. The number of hydrogen-bond acceptors (Lipinski definition) is 4. The first-order valence-electron chi connectivity index (χ1n) is 7.61. The molecule has 1 saturated heterocycles. The highest BCUT2D eigenvalue weighted by Crippen LogP contribution is 2.47. The second kappa shape index (κ2) is 5.11. The molecule has 4 nitrogen and oxygen atoms in total. The third kappa shape index (κ3) is 2.63. The van der Waals surface area contributed by atoms with Crippen LogP contribution in [0.4, 0.5) is 5.95 Å². The van der Waals surface area contributed by atoms with Crippen molar-refractivity contribution < 1.29 is 0 Å². The van der Waals surface area contributed by atoms with E-state index in [1.807, 2.05) is 19.3 Å². The molecule has 2 fully saturated rings. The number of likely N-dealkylation sites (tertiary alicyclic amines) is 1. The summed E-state index contributed by atoms with van der Waals surface area (Å²) in [5.41, 5.74) is 2.51. The van der Waals surface area contributed by atoms with Crippen molar-refractivity contribution in [1.82, 2.24) is 14.9 Å². The lowest BCUT2D eigenvalue weighted by Crippen LogP contribution is -2.27. The van der Waals surface area contributed by atoms with E-state index in [0.29, 0.717) is 6.04 Å². The van der Waals surface area contributed by atoms with Crippen LogP contribution >= 0.6 is 0 Å². The van der Waals surface area contributed by atoms with Crippen LogP contribution in [0, 0.1) is 18.8 Å². The maximum atomic E-state index is 4.34. The molecule has 2 atom stereocenters. The van der Waals surface area contributed by atoms with E-state index in [1.165, 1.54) is 18.7 Å². The summed E-state index contributed by atoms with van der Waals surface area (Å²) in [6.07, 6.45) is 3.74. The zero-order valence-corrected chi connectivity index (χ0v) is 12.2. The minimum absolute atomic E-state index is 0.569. The average Bonchev–Trinajstić information content (AvgIpc) is 2.94. The van der Waals surface area contributed by atoms with Crippen LogP contribution in [0.5, 0.6) is 0 Å². The van der Waals surface area contributed by atoms with Crippen molar-refractivity contribution in [1.29, 1.82) is 0 Å². The summed E-state index contributed by atoms with van der Waals surface area (Å²) in [5.74, 6) is 2.30. The second-order valence-corrected chi connectivity index (χ2v) is 6.26. The summed E-state index contributed by atoms with van der Waals surface area (Å²) in [7, 11) is 0. The van der Waals surface area contributed by atoms with E-state index in [0.717, 1.165) is 29.9 Å². The number of aromatic nitrogens is 2. The summed E-state index contributed by atoms with van der Waals surface area (Å²) in [5, 5.41) is 3.48. The fraction of sp³-hybridized carbons (Fsp3) is 0.412. The van der Waals surface area contributed by atoms with Gasteiger partial charge in [0, 0.05) is 38.1 Å². The van der Waals surface area contributed by atoms with Gasteiger partial charge >= 0.3 is 0 Å². The molecule has 0 spiro atoms. The normalized spacial score (nSPS) is 27.4. The molecule has 108 valence electrons. The number of nitrogens with zero attached hydrogens (tertiary/aromatic N) is 3. The van der Waals surface area contributed by atoms with Crippen LogP contribution in [0.3, 0.4) is 0 Å². The molecule has 1 aliphatic heterocycles. The van der Waals surface area contributed by atoms with Crippen molar-refractivity contribution in [2.45, 2.75) is 19.5 Å². The Morgan fingerprint density at radius 3 is 2.43 bits per heavy atom. The largest absolute Gasteiger partial charge is 0.351 e. The smallest absolute Gasteiger partial charge is 0.222 e. The Morgan fingerprint density at radius 2 is 1.76 bits per heavy atom. The van der Waals surface area contributed by atoms with Gasteiger partial charge in [0.25, 0.3) is 0 Å². The number of anilines is 1. The quantitative estimate of drug-likeness (QED) is 0.933. The van der Waals surface area contributed by atoms with Gasteiger partial charge in [-0.15, -0.1) is 0 Å². The number of nitrogens with one attached hydrogen (secondary N) is 1. The van der Waals surface area contributed by atoms with E-state index in [1.54, 1.807) is 0 Å². The standard InChI is InChI=1S/C17H20N4/c1-12-7-18-17(19-8-12)20-16-14-10-21(11-15(14)16)9-13-5-3-2-4-6-13/h2-8,14-16H,9-11H2,1H3,(H,18,19,20). The minimum atomic E-state index is 0.569. The van der Waals surface area contributed by atoms with Crippen LogP contribution in [0.1, 0.15) is 11.1 Å². The number of benzene rings is 1. The Kier molecular flexibility index (Phi) is 3.11. The van der Waals surface area contributed by atoms with Gasteiger partial charge in [-0.3, -0.25) is 4.90 Å². The van der Waals surface area contributed by atoms with Crippen molar-refractivity contribution in [2.75, 3.05) is 18.4 Å². The van der Waals surface area contributed by atoms with Gasteiger partial charge in [-0.1, -0.05) is 30.3 Å². The molecule has 2 heterocycles. The van der Waals surface area contributed by atoms with Crippen LogP contribution < -0.4 is 5.32 Å². The summed E-state index contributed by atoms with van der Waals surface area (Å²) < 4.78 is 0. The monoisotopic (exact) mass is 280 g/mol. The van der Waals surface area contributed by atoms with Gasteiger partial charge in [-0.2, -0.15) is 0 Å². The molecule has 21 heavy (non-hydrogen) atoms. The second-order valence-electron chi connectivity index (χ2n) is 6.26. The summed E-state index contributed by atoms with van der Waals surface area (Å²) >= 11 is 0. The fourth-order valence-corrected chi connectivity index (χ4v) is 3.41. The van der Waals surface area contributed by atoms with Crippen LogP contribution in [0.15, 0.2) is 42.7 Å². The number of piperidine rings is 1. The van der Waals surface area contributed by atoms with Gasteiger partial charge in [-0.25, -0.2) is 9.97 Å². The molecule has 2 aliphatic rings. The molecule has 0 amide bonds. The first-order chi connectivity index (χ1) is 10.3. The summed E-state index contributed by atoms with van der Waals surface area (Å²) in [6.45, 7) is 5.45. The lowest BCUT2D eigenvalue weighted by atomic mass is 10.2. The Morgan fingerprint density at radius 1 is 1.10 bits per heavy atom. The summed E-state index contributed by atoms with van der Waals surface area (Å²) in [6, 6.07) is 11.3. The van der Waals surface area contributed by atoms with E-state index in [4.69, 9.17) is 0 Å². The van der Waals surface area contributed by atoms with E-state index in [-0.39, 0.29) is 0 Å². The molecular weight excluding hydrogens is 260 g/mol. The Labute approximate surface area is 125 Å². The Bertz CT molecular complexity index is 598. The Balaban J connectivity index is 1.30. The van der Waals surface area contributed by atoms with Gasteiger partial charge in [0.15, 0.2) is 0 Å². The zero-order chi connectivity index (χ0) is 14.2. The summed E-state index contributed by atoms with van der Waals surface area (Å²) in [4.78, 5) is 11.2. The van der Waals surface area contributed by atoms with Gasteiger partial charge in [-0.05, 0) is 29.9 Å². The first-order valence-corrected chi connectivity index (χ1v) is 7.61. The molecular formula is C17H20N4. The van der Waals surface area contributed by atoms with E-state index in [9.17, 15) is 0 Å². The molecule has 0 bridgehead atoms. The van der Waals surface area contributed by atoms with E-state index < -0.39 is 0 Å². The SMILES string of the molecule is Cc1cnc(NC2C3CN(Cc4ccccc4)CC32)nc1. The highest BCUT2D eigenvalue weighted by atomic mass is 15.2. The molecule has 0 radical (unpaired) electrons. The van der Waals surface area contributed by atoms with Gasteiger partial charge < -0.3 is 5.32 Å². The lowest BCUT2D eigenvalue weighted by molar-refractivity contribution is 0.292. The highest BCUT2D eigenvalue weighted by Gasteiger charge is 2.55. The maximum absolute atomic E-state index is 4.34. The number of aryl methyl sites for hydroxylation is 1. The predicted octanol–water partition coefficient (Wildman–Crippen LogP) is 2.33. The van der Waals surface area contributed by atoms with Gasteiger partial charge in [0.2, 0.25) is 5.95 Å². The number of rotatable bonds is 4. The lowest BCUT2D eigenvalue weighted by Gasteiger charge is -2.19. The third-order valence-electron chi connectivity index (χ3n) is 4.60. The van der Waals surface area contributed by atoms with Crippen LogP contribution in [0.2, 0.25) is 0 Å². The maximum Gasteiger partial charge on any atom is 0.222 e. The van der Waals surface area contributed by atoms with Crippen molar-refractivity contribution in [3.05, 3.63) is 53.9 Å². The molecule has 1 N–H and O–H groups in total. The van der Waals surface area contributed by atoms with Crippen molar-refractivity contribution >= 4 is 5.95 Å².